The Bertz CT molecular complexity index is 671. The largest absolute Gasteiger partial charge is 0.447 e. The molecule has 0 spiro atoms. The third-order valence-electron chi connectivity index (χ3n) is 4.76. The summed E-state index contributed by atoms with van der Waals surface area (Å²) in [5.74, 6) is -0.841. The number of rotatable bonds is 4. The van der Waals surface area contributed by atoms with E-state index in [1.165, 1.54) is 4.90 Å². The molecule has 6 nitrogen and oxygen atoms in total. The van der Waals surface area contributed by atoms with Gasteiger partial charge in [0.2, 0.25) is 12.0 Å². The second-order valence-corrected chi connectivity index (χ2v) is 8.28. The van der Waals surface area contributed by atoms with E-state index in [2.05, 4.69) is 0 Å². The number of hydrogen-bond donors (Lipinski definition) is 0. The van der Waals surface area contributed by atoms with Crippen molar-refractivity contribution in [3.05, 3.63) is 35.9 Å². The van der Waals surface area contributed by atoms with Crippen LogP contribution in [0.2, 0.25) is 0 Å². The van der Waals surface area contributed by atoms with Gasteiger partial charge in [0.1, 0.15) is 0 Å². The summed E-state index contributed by atoms with van der Waals surface area (Å²) in [6, 6.07) is 9.05. The van der Waals surface area contributed by atoms with Gasteiger partial charge in [-0.05, 0) is 12.8 Å². The van der Waals surface area contributed by atoms with Crippen LogP contribution in [-0.4, -0.2) is 54.8 Å². The number of nitrogens with zero attached hydrogens (tertiary/aromatic N) is 2. The van der Waals surface area contributed by atoms with Crippen LogP contribution in [0.1, 0.15) is 45.3 Å². The van der Waals surface area contributed by atoms with Crippen LogP contribution >= 0.6 is 0 Å². The molecule has 0 saturated carbocycles. The summed E-state index contributed by atoms with van der Waals surface area (Å²) in [7, 11) is 3.28. The van der Waals surface area contributed by atoms with Crippen molar-refractivity contribution in [3.63, 3.8) is 0 Å². The van der Waals surface area contributed by atoms with Crippen LogP contribution in [0, 0.1) is 11.3 Å². The average Bonchev–Trinajstić information content (AvgIpc) is 2.64. The third kappa shape index (κ3) is 5.31. The van der Waals surface area contributed by atoms with Gasteiger partial charge in [0, 0.05) is 38.2 Å². The van der Waals surface area contributed by atoms with E-state index >= 15 is 0 Å². The molecular weight excluding hydrogens is 344 g/mol. The third-order valence-corrected chi connectivity index (χ3v) is 4.76. The van der Waals surface area contributed by atoms with Crippen molar-refractivity contribution in [3.8, 4) is 0 Å². The SMILES string of the molecule is CN(C)C(=O)[C@@H](OC(=O)C1CCN(C(=O)C(C)(C)C)CC1)c1ccccc1. The van der Waals surface area contributed by atoms with Crippen LogP contribution in [-0.2, 0) is 19.1 Å². The maximum absolute atomic E-state index is 12.7. The van der Waals surface area contributed by atoms with E-state index in [0.29, 0.717) is 31.5 Å². The Labute approximate surface area is 161 Å². The van der Waals surface area contributed by atoms with Gasteiger partial charge in [-0.15, -0.1) is 0 Å². The molecule has 1 aromatic carbocycles. The Hall–Kier alpha value is -2.37. The summed E-state index contributed by atoms with van der Waals surface area (Å²) in [5, 5.41) is 0. The van der Waals surface area contributed by atoms with Crippen LogP contribution in [0.25, 0.3) is 0 Å². The number of ether oxygens (including phenoxy) is 1. The standard InChI is InChI=1S/C21H30N2O4/c1-21(2,3)20(26)23-13-11-16(12-14-23)19(25)27-17(18(24)22(4)5)15-9-7-6-8-10-15/h6-10,16-17H,11-14H2,1-5H3/t17-/m0/s1. The minimum atomic E-state index is -0.942. The van der Waals surface area contributed by atoms with Crippen molar-refractivity contribution in [2.45, 2.75) is 39.7 Å². The number of benzene rings is 1. The van der Waals surface area contributed by atoms with E-state index < -0.39 is 11.5 Å². The molecular formula is C21H30N2O4. The molecule has 2 rings (SSSR count). The number of likely N-dealkylation sites (tertiary alicyclic amines) is 1. The second-order valence-electron chi connectivity index (χ2n) is 8.28. The van der Waals surface area contributed by atoms with Crippen LogP contribution in [0.3, 0.4) is 0 Å². The van der Waals surface area contributed by atoms with Gasteiger partial charge >= 0.3 is 5.97 Å². The molecule has 1 aromatic rings. The number of esters is 1. The molecule has 1 fully saturated rings. The molecule has 1 aliphatic heterocycles. The van der Waals surface area contributed by atoms with Gasteiger partial charge in [-0.3, -0.25) is 14.4 Å². The summed E-state index contributed by atoms with van der Waals surface area (Å²) in [4.78, 5) is 40.8. The van der Waals surface area contributed by atoms with E-state index in [1.807, 2.05) is 43.9 Å². The lowest BCUT2D eigenvalue weighted by Crippen LogP contribution is -2.45. The maximum Gasteiger partial charge on any atom is 0.310 e. The van der Waals surface area contributed by atoms with Crippen molar-refractivity contribution in [1.29, 1.82) is 0 Å². The van der Waals surface area contributed by atoms with E-state index in [9.17, 15) is 14.4 Å². The summed E-state index contributed by atoms with van der Waals surface area (Å²) in [5.41, 5.74) is 0.231. The van der Waals surface area contributed by atoms with Crippen molar-refractivity contribution >= 4 is 17.8 Å². The Balaban J connectivity index is 2.02. The van der Waals surface area contributed by atoms with E-state index in [4.69, 9.17) is 4.74 Å². The minimum absolute atomic E-state index is 0.0965. The molecule has 6 heteroatoms. The molecule has 0 aromatic heterocycles. The highest BCUT2D eigenvalue weighted by Gasteiger charge is 2.35. The number of carbonyl (C=O) groups excluding carboxylic acids is 3. The van der Waals surface area contributed by atoms with Crippen molar-refractivity contribution < 1.29 is 19.1 Å². The number of piperidine rings is 1. The van der Waals surface area contributed by atoms with Gasteiger partial charge in [0.15, 0.2) is 0 Å². The number of carbonyl (C=O) groups is 3. The first kappa shape index (κ1) is 20.9. The molecule has 148 valence electrons. The number of likely N-dealkylation sites (N-methyl/N-ethyl adjacent to an activating group) is 1. The van der Waals surface area contributed by atoms with E-state index in [-0.39, 0.29) is 23.7 Å². The highest BCUT2D eigenvalue weighted by molar-refractivity contribution is 5.85. The van der Waals surface area contributed by atoms with Gasteiger partial charge in [-0.2, -0.15) is 0 Å². The van der Waals surface area contributed by atoms with Crippen LogP contribution in [0.15, 0.2) is 30.3 Å². The van der Waals surface area contributed by atoms with Crippen LogP contribution in [0.4, 0.5) is 0 Å². The summed E-state index contributed by atoms with van der Waals surface area (Å²) < 4.78 is 5.63. The lowest BCUT2D eigenvalue weighted by atomic mass is 9.91. The first-order valence-electron chi connectivity index (χ1n) is 9.37. The fraction of sp³-hybridized carbons (Fsp3) is 0.571. The fourth-order valence-electron chi connectivity index (χ4n) is 3.13. The smallest absolute Gasteiger partial charge is 0.310 e. The maximum atomic E-state index is 12.7. The van der Waals surface area contributed by atoms with E-state index in [1.54, 1.807) is 26.2 Å². The first-order valence-corrected chi connectivity index (χ1v) is 9.37. The van der Waals surface area contributed by atoms with Crippen molar-refractivity contribution in [1.82, 2.24) is 9.80 Å². The Morgan fingerprint density at radius 3 is 2.11 bits per heavy atom. The molecule has 1 atom stereocenters. The molecule has 1 saturated heterocycles. The summed E-state index contributed by atoms with van der Waals surface area (Å²) in [6.07, 6.45) is 0.166. The molecule has 1 aliphatic rings. The molecule has 27 heavy (non-hydrogen) atoms. The molecule has 0 bridgehead atoms. The fourth-order valence-corrected chi connectivity index (χ4v) is 3.13. The normalized spacial score (nSPS) is 16.6. The van der Waals surface area contributed by atoms with Crippen molar-refractivity contribution in [2.75, 3.05) is 27.2 Å². The van der Waals surface area contributed by atoms with Gasteiger partial charge in [-0.1, -0.05) is 51.1 Å². The summed E-state index contributed by atoms with van der Waals surface area (Å²) in [6.45, 7) is 6.76. The zero-order valence-electron chi connectivity index (χ0n) is 16.9. The predicted octanol–water partition coefficient (Wildman–Crippen LogP) is 2.64. The van der Waals surface area contributed by atoms with Gasteiger partial charge in [0.05, 0.1) is 5.92 Å². The van der Waals surface area contributed by atoms with Crippen LogP contribution < -0.4 is 0 Å². The molecule has 2 amide bonds. The van der Waals surface area contributed by atoms with Gasteiger partial charge in [0.25, 0.3) is 5.91 Å². The zero-order chi connectivity index (χ0) is 20.2. The molecule has 0 unspecified atom stereocenters. The lowest BCUT2D eigenvalue weighted by Gasteiger charge is -2.35. The Morgan fingerprint density at radius 1 is 1.07 bits per heavy atom. The minimum Gasteiger partial charge on any atom is -0.447 e. The van der Waals surface area contributed by atoms with Crippen molar-refractivity contribution in [2.24, 2.45) is 11.3 Å². The van der Waals surface area contributed by atoms with Gasteiger partial charge in [-0.25, -0.2) is 0 Å². The second kappa shape index (κ2) is 8.55. The highest BCUT2D eigenvalue weighted by atomic mass is 16.5. The predicted molar refractivity (Wildman–Crippen MR) is 103 cm³/mol. The first-order chi connectivity index (χ1) is 12.6. The lowest BCUT2D eigenvalue weighted by molar-refractivity contribution is -0.165. The average molecular weight is 374 g/mol. The summed E-state index contributed by atoms with van der Waals surface area (Å²) >= 11 is 0. The topological polar surface area (TPSA) is 66.9 Å². The number of hydrogen-bond acceptors (Lipinski definition) is 4. The quantitative estimate of drug-likeness (QED) is 0.760. The molecule has 0 radical (unpaired) electrons. The Morgan fingerprint density at radius 2 is 1.63 bits per heavy atom. The highest BCUT2D eigenvalue weighted by Crippen LogP contribution is 2.27. The molecule has 0 aliphatic carbocycles. The van der Waals surface area contributed by atoms with E-state index in [0.717, 1.165) is 0 Å². The van der Waals surface area contributed by atoms with Crippen LogP contribution in [0.5, 0.6) is 0 Å². The van der Waals surface area contributed by atoms with Gasteiger partial charge < -0.3 is 14.5 Å². The monoisotopic (exact) mass is 374 g/mol. The molecule has 0 N–H and O–H groups in total. The Kier molecular flexibility index (Phi) is 6.63. The molecule has 1 heterocycles. The zero-order valence-corrected chi connectivity index (χ0v) is 16.9. The number of amides is 2.